The van der Waals surface area contributed by atoms with Crippen LogP contribution in [-0.2, 0) is 14.8 Å². The summed E-state index contributed by atoms with van der Waals surface area (Å²) in [5.41, 5.74) is -0.946. The molecule has 0 aliphatic carbocycles. The highest BCUT2D eigenvalue weighted by molar-refractivity contribution is 7.89. The predicted octanol–water partition coefficient (Wildman–Crippen LogP) is 1.30. The maximum Gasteiger partial charge on any atom is 0.241 e. The van der Waals surface area contributed by atoms with Crippen LogP contribution in [0.25, 0.3) is 0 Å². The zero-order valence-electron chi connectivity index (χ0n) is 10.6. The minimum atomic E-state index is -3.89. The van der Waals surface area contributed by atoms with E-state index in [-0.39, 0.29) is 16.5 Å². The van der Waals surface area contributed by atoms with Crippen LogP contribution in [0.15, 0.2) is 23.1 Å². The molecule has 1 aromatic carbocycles. The average Bonchev–Trinajstić information content (AvgIpc) is 2.42. The van der Waals surface area contributed by atoms with Crippen LogP contribution in [0.1, 0.15) is 12.8 Å². The second-order valence-corrected chi connectivity index (χ2v) is 6.82. The first-order valence-electron chi connectivity index (χ1n) is 6.06. The number of aliphatic hydroxyl groups excluding tert-OH is 1. The number of benzene rings is 1. The van der Waals surface area contributed by atoms with Crippen molar-refractivity contribution >= 4 is 21.6 Å². The van der Waals surface area contributed by atoms with Gasteiger partial charge in [0.05, 0.1) is 22.1 Å². The number of hydrogen-bond donors (Lipinski definition) is 2. The van der Waals surface area contributed by atoms with E-state index in [1.54, 1.807) is 0 Å². The van der Waals surface area contributed by atoms with E-state index in [2.05, 4.69) is 4.72 Å². The van der Waals surface area contributed by atoms with Gasteiger partial charge in [0, 0.05) is 13.2 Å². The largest absolute Gasteiger partial charge is 0.394 e. The Morgan fingerprint density at radius 3 is 2.60 bits per heavy atom. The van der Waals surface area contributed by atoms with Crippen LogP contribution in [0.4, 0.5) is 4.39 Å². The molecule has 112 valence electrons. The highest BCUT2D eigenvalue weighted by Gasteiger charge is 2.36. The lowest BCUT2D eigenvalue weighted by Crippen LogP contribution is -2.54. The molecule has 20 heavy (non-hydrogen) atoms. The van der Waals surface area contributed by atoms with Crippen molar-refractivity contribution in [1.82, 2.24) is 4.72 Å². The number of sulfonamides is 1. The molecule has 1 heterocycles. The average molecular weight is 324 g/mol. The van der Waals surface area contributed by atoms with E-state index < -0.39 is 21.4 Å². The van der Waals surface area contributed by atoms with Gasteiger partial charge in [0.1, 0.15) is 5.82 Å². The predicted molar refractivity (Wildman–Crippen MR) is 71.6 cm³/mol. The molecule has 0 aromatic heterocycles. The molecular weight excluding hydrogens is 309 g/mol. The van der Waals surface area contributed by atoms with Crippen molar-refractivity contribution in [3.8, 4) is 0 Å². The van der Waals surface area contributed by atoms with Gasteiger partial charge in [0.25, 0.3) is 0 Å². The van der Waals surface area contributed by atoms with Crippen molar-refractivity contribution in [2.75, 3.05) is 19.8 Å². The number of hydrogen-bond acceptors (Lipinski definition) is 4. The SMILES string of the molecule is O=S(=O)(NC1(CO)CCOCC1)c1ccc(F)c(Cl)c1. The summed E-state index contributed by atoms with van der Waals surface area (Å²) in [5, 5.41) is 9.22. The third kappa shape index (κ3) is 3.29. The molecule has 0 unspecified atom stereocenters. The molecule has 2 rings (SSSR count). The van der Waals surface area contributed by atoms with Crippen LogP contribution < -0.4 is 4.72 Å². The van der Waals surface area contributed by atoms with Crippen LogP contribution in [0.5, 0.6) is 0 Å². The zero-order valence-corrected chi connectivity index (χ0v) is 12.2. The molecule has 1 aliphatic heterocycles. The third-order valence-electron chi connectivity index (χ3n) is 3.30. The third-order valence-corrected chi connectivity index (χ3v) is 5.17. The van der Waals surface area contributed by atoms with E-state index in [9.17, 15) is 17.9 Å². The topological polar surface area (TPSA) is 75.6 Å². The summed E-state index contributed by atoms with van der Waals surface area (Å²) in [6.07, 6.45) is 0.745. The number of ether oxygens (including phenoxy) is 1. The second-order valence-electron chi connectivity index (χ2n) is 4.73. The molecule has 0 radical (unpaired) electrons. The van der Waals surface area contributed by atoms with Gasteiger partial charge < -0.3 is 9.84 Å². The fraction of sp³-hybridized carbons (Fsp3) is 0.500. The molecule has 0 saturated carbocycles. The first-order chi connectivity index (χ1) is 9.38. The minimum Gasteiger partial charge on any atom is -0.394 e. The molecule has 5 nitrogen and oxygen atoms in total. The maximum atomic E-state index is 13.1. The lowest BCUT2D eigenvalue weighted by Gasteiger charge is -2.35. The van der Waals surface area contributed by atoms with Crippen molar-refractivity contribution in [3.05, 3.63) is 29.0 Å². The van der Waals surface area contributed by atoms with Gasteiger partial charge in [-0.2, -0.15) is 0 Å². The van der Waals surface area contributed by atoms with Crippen LogP contribution in [0.2, 0.25) is 5.02 Å². The Hall–Kier alpha value is -0.730. The Morgan fingerprint density at radius 2 is 2.05 bits per heavy atom. The first kappa shape index (κ1) is 15.7. The lowest BCUT2D eigenvalue weighted by atomic mass is 9.93. The quantitative estimate of drug-likeness (QED) is 0.875. The molecule has 0 bridgehead atoms. The van der Waals surface area contributed by atoms with E-state index in [0.717, 1.165) is 18.2 Å². The number of rotatable bonds is 4. The van der Waals surface area contributed by atoms with Crippen molar-refractivity contribution < 1.29 is 22.7 Å². The molecule has 2 N–H and O–H groups in total. The normalized spacial score (nSPS) is 18.9. The molecule has 1 aliphatic rings. The maximum absolute atomic E-state index is 13.1. The number of halogens is 2. The molecule has 1 fully saturated rings. The second kappa shape index (κ2) is 5.95. The Morgan fingerprint density at radius 1 is 1.40 bits per heavy atom. The lowest BCUT2D eigenvalue weighted by molar-refractivity contribution is 0.0223. The molecule has 8 heteroatoms. The van der Waals surface area contributed by atoms with Gasteiger partial charge in [0.2, 0.25) is 10.0 Å². The zero-order chi connectivity index (χ0) is 14.8. The Bertz CT molecular complexity index is 587. The van der Waals surface area contributed by atoms with Gasteiger partial charge in [-0.25, -0.2) is 17.5 Å². The van der Waals surface area contributed by atoms with Gasteiger partial charge >= 0.3 is 0 Å². The highest BCUT2D eigenvalue weighted by Crippen LogP contribution is 2.25. The molecule has 0 atom stereocenters. The fourth-order valence-electron chi connectivity index (χ4n) is 2.04. The molecular formula is C12H15ClFNO4S. The monoisotopic (exact) mass is 323 g/mol. The van der Waals surface area contributed by atoms with Crippen molar-refractivity contribution in [2.24, 2.45) is 0 Å². The van der Waals surface area contributed by atoms with Gasteiger partial charge in [-0.3, -0.25) is 0 Å². The van der Waals surface area contributed by atoms with E-state index in [1.807, 2.05) is 0 Å². The summed E-state index contributed by atoms with van der Waals surface area (Å²) in [4.78, 5) is -0.136. The van der Waals surface area contributed by atoms with Crippen molar-refractivity contribution in [3.63, 3.8) is 0 Å². The first-order valence-corrected chi connectivity index (χ1v) is 7.92. The number of nitrogens with one attached hydrogen (secondary N) is 1. The molecule has 0 spiro atoms. The fourth-order valence-corrected chi connectivity index (χ4v) is 3.76. The van der Waals surface area contributed by atoms with E-state index >= 15 is 0 Å². The van der Waals surface area contributed by atoms with Gasteiger partial charge in [-0.15, -0.1) is 0 Å². The summed E-state index contributed by atoms with van der Waals surface area (Å²) in [6, 6.07) is 3.17. The summed E-state index contributed by atoms with van der Waals surface area (Å²) < 4.78 is 45.3. The van der Waals surface area contributed by atoms with Gasteiger partial charge in [-0.1, -0.05) is 11.6 Å². The molecule has 1 saturated heterocycles. The summed E-state index contributed by atoms with van der Waals surface area (Å²) in [7, 11) is -3.89. The van der Waals surface area contributed by atoms with Crippen LogP contribution in [-0.4, -0.2) is 38.9 Å². The van der Waals surface area contributed by atoms with Crippen molar-refractivity contribution in [2.45, 2.75) is 23.3 Å². The number of aliphatic hydroxyl groups is 1. The smallest absolute Gasteiger partial charge is 0.241 e. The highest BCUT2D eigenvalue weighted by atomic mass is 35.5. The van der Waals surface area contributed by atoms with Crippen LogP contribution in [0.3, 0.4) is 0 Å². The van der Waals surface area contributed by atoms with E-state index in [1.165, 1.54) is 0 Å². The summed E-state index contributed by atoms with van der Waals surface area (Å²) in [5.74, 6) is -0.687. The summed E-state index contributed by atoms with van der Waals surface area (Å²) >= 11 is 5.59. The van der Waals surface area contributed by atoms with E-state index in [4.69, 9.17) is 16.3 Å². The Balaban J connectivity index is 2.27. The Kier molecular flexibility index (Phi) is 4.66. The van der Waals surface area contributed by atoms with E-state index in [0.29, 0.717) is 26.1 Å². The van der Waals surface area contributed by atoms with Crippen LogP contribution >= 0.6 is 11.6 Å². The van der Waals surface area contributed by atoms with Gasteiger partial charge in [0.15, 0.2) is 0 Å². The van der Waals surface area contributed by atoms with Crippen molar-refractivity contribution in [1.29, 1.82) is 0 Å². The molecule has 1 aromatic rings. The van der Waals surface area contributed by atoms with Crippen LogP contribution in [0, 0.1) is 5.82 Å². The summed E-state index contributed by atoms with van der Waals surface area (Å²) in [6.45, 7) is 0.408. The Labute approximate surface area is 121 Å². The molecule has 0 amide bonds. The minimum absolute atomic E-state index is 0.136. The van der Waals surface area contributed by atoms with Gasteiger partial charge in [-0.05, 0) is 31.0 Å². The standard InChI is InChI=1S/C12H15ClFNO4S/c13-10-7-9(1-2-11(10)14)20(17,18)15-12(8-16)3-5-19-6-4-12/h1-2,7,15-16H,3-6,8H2.